The lowest BCUT2D eigenvalue weighted by Gasteiger charge is -2.17. The summed E-state index contributed by atoms with van der Waals surface area (Å²) >= 11 is 0. The zero-order valence-corrected chi connectivity index (χ0v) is 15.9. The van der Waals surface area contributed by atoms with Crippen LogP contribution in [0.2, 0.25) is 0 Å². The summed E-state index contributed by atoms with van der Waals surface area (Å²) in [6.07, 6.45) is 4.32. The van der Waals surface area contributed by atoms with Gasteiger partial charge in [-0.25, -0.2) is 0 Å². The Balaban J connectivity index is 0. The minimum Gasteiger partial charge on any atom is -0.396 e. The normalized spacial score (nSPS) is 13.0. The van der Waals surface area contributed by atoms with Gasteiger partial charge >= 0.3 is 0 Å². The summed E-state index contributed by atoms with van der Waals surface area (Å²) in [5.74, 6) is 2.04. The number of rotatable bonds is 10. The van der Waals surface area contributed by atoms with Crippen molar-refractivity contribution in [2.24, 2.45) is 16.8 Å². The Hall–Kier alpha value is -0.0400. The van der Waals surface area contributed by atoms with Crippen LogP contribution < -0.4 is 10.6 Å². The third kappa shape index (κ3) is 13.0. The number of aliphatic hydroxyl groups excluding tert-OH is 1. The second kappa shape index (κ2) is 15.4. The Labute approximate surface area is 142 Å². The molecule has 1 unspecified atom stereocenters. The number of nitrogens with one attached hydrogen (secondary N) is 2. The Morgan fingerprint density at radius 2 is 1.90 bits per heavy atom. The van der Waals surface area contributed by atoms with Crippen molar-refractivity contribution in [3.05, 3.63) is 0 Å². The zero-order chi connectivity index (χ0) is 14.5. The third-order valence-corrected chi connectivity index (χ3v) is 3.02. The van der Waals surface area contributed by atoms with Crippen molar-refractivity contribution in [1.82, 2.24) is 10.6 Å². The minimum absolute atomic E-state index is 0. The molecule has 4 nitrogen and oxygen atoms in total. The van der Waals surface area contributed by atoms with E-state index < -0.39 is 0 Å². The van der Waals surface area contributed by atoms with E-state index >= 15 is 0 Å². The molecule has 5 heteroatoms. The Morgan fingerprint density at radius 1 is 1.20 bits per heavy atom. The molecular weight excluding hydrogens is 365 g/mol. The maximum absolute atomic E-state index is 9.11. The molecule has 0 fully saturated rings. The number of aliphatic imine (C=N–C) groups is 1. The third-order valence-electron chi connectivity index (χ3n) is 3.02. The molecule has 0 rings (SSSR count). The number of hydrogen-bond donors (Lipinski definition) is 3. The Morgan fingerprint density at radius 3 is 2.40 bits per heavy atom. The van der Waals surface area contributed by atoms with E-state index in [1.807, 2.05) is 0 Å². The fourth-order valence-corrected chi connectivity index (χ4v) is 2.08. The molecule has 1 atom stereocenters. The molecule has 0 saturated carbocycles. The average molecular weight is 399 g/mol. The quantitative estimate of drug-likeness (QED) is 0.229. The van der Waals surface area contributed by atoms with Gasteiger partial charge in [0.15, 0.2) is 5.96 Å². The summed E-state index contributed by atoms with van der Waals surface area (Å²) in [6.45, 7) is 11.6. The zero-order valence-electron chi connectivity index (χ0n) is 13.6. The van der Waals surface area contributed by atoms with E-state index in [1.165, 1.54) is 6.42 Å². The van der Waals surface area contributed by atoms with Crippen LogP contribution in [0, 0.1) is 11.8 Å². The van der Waals surface area contributed by atoms with E-state index in [-0.39, 0.29) is 30.6 Å². The summed E-state index contributed by atoms with van der Waals surface area (Å²) in [5, 5.41) is 15.7. The van der Waals surface area contributed by atoms with E-state index in [0.717, 1.165) is 44.9 Å². The molecule has 122 valence electrons. The Kier molecular flexibility index (Phi) is 17.1. The molecule has 20 heavy (non-hydrogen) atoms. The monoisotopic (exact) mass is 399 g/mol. The summed E-state index contributed by atoms with van der Waals surface area (Å²) in [7, 11) is 0. The fraction of sp³-hybridized carbons (Fsp3) is 0.933. The van der Waals surface area contributed by atoms with Crippen molar-refractivity contribution < 1.29 is 5.11 Å². The fourth-order valence-electron chi connectivity index (χ4n) is 2.08. The van der Waals surface area contributed by atoms with Crippen molar-refractivity contribution >= 4 is 29.9 Å². The summed E-state index contributed by atoms with van der Waals surface area (Å²) in [5.41, 5.74) is 0. The van der Waals surface area contributed by atoms with Crippen LogP contribution in [0.25, 0.3) is 0 Å². The molecule has 0 heterocycles. The number of guanidine groups is 1. The molecule has 0 aliphatic rings. The number of nitrogens with zero attached hydrogens (tertiary/aromatic N) is 1. The van der Waals surface area contributed by atoms with Gasteiger partial charge in [-0.1, -0.05) is 27.2 Å². The Bertz CT molecular complexity index is 235. The molecule has 0 aliphatic heterocycles. The number of hydrogen-bond acceptors (Lipinski definition) is 2. The van der Waals surface area contributed by atoms with Gasteiger partial charge in [-0.05, 0) is 38.0 Å². The predicted octanol–water partition coefficient (Wildman–Crippen LogP) is 3.00. The van der Waals surface area contributed by atoms with Gasteiger partial charge in [0, 0.05) is 26.2 Å². The van der Waals surface area contributed by atoms with Gasteiger partial charge in [-0.3, -0.25) is 4.99 Å². The van der Waals surface area contributed by atoms with Crippen LogP contribution in [0.4, 0.5) is 0 Å². The van der Waals surface area contributed by atoms with E-state index in [0.29, 0.717) is 11.8 Å². The predicted molar refractivity (Wildman–Crippen MR) is 99.0 cm³/mol. The minimum atomic E-state index is 0. The molecule has 0 aromatic heterocycles. The van der Waals surface area contributed by atoms with E-state index in [2.05, 4.69) is 43.3 Å². The molecular formula is C15H34IN3O. The molecule has 3 N–H and O–H groups in total. The van der Waals surface area contributed by atoms with E-state index in [1.54, 1.807) is 0 Å². The van der Waals surface area contributed by atoms with Crippen molar-refractivity contribution in [3.8, 4) is 0 Å². The van der Waals surface area contributed by atoms with Crippen molar-refractivity contribution in [1.29, 1.82) is 0 Å². The smallest absolute Gasteiger partial charge is 0.191 e. The SMILES string of the molecule is CCCCNC(=NCC(CCO)CC(C)C)NCC.I. The van der Waals surface area contributed by atoms with Gasteiger partial charge in [-0.2, -0.15) is 0 Å². The first-order chi connectivity index (χ1) is 9.13. The number of unbranched alkanes of at least 4 members (excludes halogenated alkanes) is 1. The van der Waals surface area contributed by atoms with Gasteiger partial charge < -0.3 is 15.7 Å². The lowest BCUT2D eigenvalue weighted by Crippen LogP contribution is -2.38. The van der Waals surface area contributed by atoms with Crippen molar-refractivity contribution in [2.45, 2.75) is 53.4 Å². The highest BCUT2D eigenvalue weighted by Crippen LogP contribution is 2.15. The van der Waals surface area contributed by atoms with Crippen LogP contribution in [-0.4, -0.2) is 37.3 Å². The van der Waals surface area contributed by atoms with Crippen LogP contribution in [0.5, 0.6) is 0 Å². The van der Waals surface area contributed by atoms with Crippen LogP contribution in [-0.2, 0) is 0 Å². The van der Waals surface area contributed by atoms with Crippen LogP contribution in [0.3, 0.4) is 0 Å². The second-order valence-corrected chi connectivity index (χ2v) is 5.51. The molecule has 0 aromatic carbocycles. The first-order valence-corrected chi connectivity index (χ1v) is 7.77. The van der Waals surface area contributed by atoms with E-state index in [4.69, 9.17) is 5.11 Å². The molecule has 0 amide bonds. The maximum atomic E-state index is 9.11. The van der Waals surface area contributed by atoms with Gasteiger partial charge in [-0.15, -0.1) is 24.0 Å². The van der Waals surface area contributed by atoms with Crippen molar-refractivity contribution in [2.75, 3.05) is 26.2 Å². The largest absolute Gasteiger partial charge is 0.396 e. The first kappa shape index (κ1) is 22.2. The van der Waals surface area contributed by atoms with Gasteiger partial charge in [0.1, 0.15) is 0 Å². The summed E-state index contributed by atoms with van der Waals surface area (Å²) in [6, 6.07) is 0. The van der Waals surface area contributed by atoms with Crippen LogP contribution >= 0.6 is 24.0 Å². The van der Waals surface area contributed by atoms with E-state index in [9.17, 15) is 0 Å². The standard InChI is InChI=1S/C15H33N3O.HI/c1-5-7-9-17-15(16-6-2)18-12-14(8-10-19)11-13(3)4;/h13-14,19H,5-12H2,1-4H3,(H2,16,17,18);1H. The average Bonchev–Trinajstić information content (AvgIpc) is 2.35. The van der Waals surface area contributed by atoms with Gasteiger partial charge in [0.2, 0.25) is 0 Å². The highest BCUT2D eigenvalue weighted by Gasteiger charge is 2.10. The number of halogens is 1. The lowest BCUT2D eigenvalue weighted by atomic mass is 9.94. The molecule has 0 aromatic rings. The molecule has 0 bridgehead atoms. The van der Waals surface area contributed by atoms with Crippen LogP contribution in [0.1, 0.15) is 53.4 Å². The highest BCUT2D eigenvalue weighted by atomic mass is 127. The summed E-state index contributed by atoms with van der Waals surface area (Å²) in [4.78, 5) is 4.64. The maximum Gasteiger partial charge on any atom is 0.191 e. The van der Waals surface area contributed by atoms with Crippen molar-refractivity contribution in [3.63, 3.8) is 0 Å². The second-order valence-electron chi connectivity index (χ2n) is 5.51. The molecule has 0 radical (unpaired) electrons. The number of aliphatic hydroxyl groups is 1. The topological polar surface area (TPSA) is 56.7 Å². The lowest BCUT2D eigenvalue weighted by molar-refractivity contribution is 0.245. The van der Waals surface area contributed by atoms with Gasteiger partial charge in [0.25, 0.3) is 0 Å². The molecule has 0 spiro atoms. The first-order valence-electron chi connectivity index (χ1n) is 7.77. The van der Waals surface area contributed by atoms with Crippen LogP contribution in [0.15, 0.2) is 4.99 Å². The van der Waals surface area contributed by atoms with Gasteiger partial charge in [0.05, 0.1) is 0 Å². The summed E-state index contributed by atoms with van der Waals surface area (Å²) < 4.78 is 0. The molecule has 0 saturated heterocycles. The molecule has 0 aliphatic carbocycles. The highest BCUT2D eigenvalue weighted by molar-refractivity contribution is 14.0.